The number of hydrogen-bond acceptors (Lipinski definition) is 2. The van der Waals surface area contributed by atoms with Gasteiger partial charge in [-0.3, -0.25) is 0 Å². The number of hydrogen-bond donors (Lipinski definition) is 1. The van der Waals surface area contributed by atoms with Gasteiger partial charge in [0, 0.05) is 6.54 Å². The molecule has 2 rings (SSSR count). The third-order valence-electron chi connectivity index (χ3n) is 2.59. The van der Waals surface area contributed by atoms with E-state index in [0.717, 1.165) is 17.9 Å². The van der Waals surface area contributed by atoms with Crippen molar-refractivity contribution in [2.75, 3.05) is 7.05 Å². The summed E-state index contributed by atoms with van der Waals surface area (Å²) in [5.41, 5.74) is 2.30. The molecule has 0 atom stereocenters. The molecule has 2 aromatic carbocycles. The zero-order chi connectivity index (χ0) is 13.0. The number of ether oxygens (including phenoxy) is 1. The zero-order valence-electron chi connectivity index (χ0n) is 10.5. The van der Waals surface area contributed by atoms with Crippen LogP contribution in [0.25, 0.3) is 0 Å². The van der Waals surface area contributed by atoms with Crippen molar-refractivity contribution in [2.45, 2.75) is 13.5 Å². The van der Waals surface area contributed by atoms with Gasteiger partial charge < -0.3 is 10.1 Å². The van der Waals surface area contributed by atoms with E-state index in [4.69, 9.17) is 16.3 Å². The van der Waals surface area contributed by atoms with Crippen LogP contribution in [-0.4, -0.2) is 7.05 Å². The van der Waals surface area contributed by atoms with E-state index in [0.29, 0.717) is 10.8 Å². The van der Waals surface area contributed by atoms with Crippen LogP contribution in [0.5, 0.6) is 11.5 Å². The molecule has 0 saturated carbocycles. The van der Waals surface area contributed by atoms with Crippen LogP contribution in [0.1, 0.15) is 11.1 Å². The van der Waals surface area contributed by atoms with Crippen LogP contribution in [0.3, 0.4) is 0 Å². The Labute approximate surface area is 113 Å². The van der Waals surface area contributed by atoms with Gasteiger partial charge in [0.05, 0.1) is 5.02 Å². The molecule has 0 unspecified atom stereocenters. The Bertz CT molecular complexity index is 540. The van der Waals surface area contributed by atoms with Crippen LogP contribution in [0, 0.1) is 6.92 Å². The van der Waals surface area contributed by atoms with Crippen molar-refractivity contribution < 1.29 is 4.74 Å². The third-order valence-corrected chi connectivity index (χ3v) is 2.89. The summed E-state index contributed by atoms with van der Waals surface area (Å²) < 4.78 is 5.79. The second kappa shape index (κ2) is 5.89. The molecule has 0 spiro atoms. The van der Waals surface area contributed by atoms with E-state index in [2.05, 4.69) is 11.4 Å². The molecular weight excluding hydrogens is 246 g/mol. The molecule has 2 aromatic rings. The summed E-state index contributed by atoms with van der Waals surface area (Å²) in [6.07, 6.45) is 0. The SMILES string of the molecule is CNCc1cccc(Oc2ccc(C)cc2Cl)c1. The summed E-state index contributed by atoms with van der Waals surface area (Å²) in [5.74, 6) is 1.48. The van der Waals surface area contributed by atoms with Gasteiger partial charge in [-0.05, 0) is 49.4 Å². The Morgan fingerprint density at radius 1 is 1.17 bits per heavy atom. The highest BCUT2D eigenvalue weighted by Crippen LogP contribution is 2.30. The Balaban J connectivity index is 2.20. The summed E-state index contributed by atoms with van der Waals surface area (Å²) >= 11 is 6.14. The summed E-state index contributed by atoms with van der Waals surface area (Å²) in [5, 5.41) is 3.75. The van der Waals surface area contributed by atoms with Gasteiger partial charge in [-0.2, -0.15) is 0 Å². The van der Waals surface area contributed by atoms with Crippen molar-refractivity contribution in [1.82, 2.24) is 5.32 Å². The molecule has 94 valence electrons. The molecule has 0 aliphatic rings. The first-order valence-corrected chi connectivity index (χ1v) is 6.24. The molecule has 0 bridgehead atoms. The summed E-state index contributed by atoms with van der Waals surface area (Å²) in [6, 6.07) is 13.7. The molecule has 0 heterocycles. The molecular formula is C15H16ClNO. The summed E-state index contributed by atoms with van der Waals surface area (Å²) in [4.78, 5) is 0. The average Bonchev–Trinajstić information content (AvgIpc) is 2.34. The lowest BCUT2D eigenvalue weighted by atomic mass is 10.2. The number of aryl methyl sites for hydroxylation is 1. The van der Waals surface area contributed by atoms with Crippen LogP contribution < -0.4 is 10.1 Å². The Hall–Kier alpha value is -1.51. The molecule has 1 N–H and O–H groups in total. The first kappa shape index (κ1) is 12.9. The summed E-state index contributed by atoms with van der Waals surface area (Å²) in [6.45, 7) is 2.82. The predicted octanol–water partition coefficient (Wildman–Crippen LogP) is 4.16. The zero-order valence-corrected chi connectivity index (χ0v) is 11.3. The van der Waals surface area contributed by atoms with E-state index in [1.807, 2.05) is 50.4 Å². The van der Waals surface area contributed by atoms with E-state index in [1.54, 1.807) is 0 Å². The first-order chi connectivity index (χ1) is 8.69. The van der Waals surface area contributed by atoms with Gasteiger partial charge in [0.25, 0.3) is 0 Å². The van der Waals surface area contributed by atoms with Crippen molar-refractivity contribution in [3.8, 4) is 11.5 Å². The normalized spacial score (nSPS) is 10.4. The fraction of sp³-hybridized carbons (Fsp3) is 0.200. The minimum Gasteiger partial charge on any atom is -0.456 e. The second-order valence-corrected chi connectivity index (χ2v) is 4.62. The highest BCUT2D eigenvalue weighted by atomic mass is 35.5. The molecule has 18 heavy (non-hydrogen) atoms. The van der Waals surface area contributed by atoms with Gasteiger partial charge in [-0.15, -0.1) is 0 Å². The van der Waals surface area contributed by atoms with E-state index in [1.165, 1.54) is 5.56 Å². The van der Waals surface area contributed by atoms with Gasteiger partial charge in [-0.25, -0.2) is 0 Å². The number of benzene rings is 2. The topological polar surface area (TPSA) is 21.3 Å². The average molecular weight is 262 g/mol. The molecule has 0 aliphatic heterocycles. The van der Waals surface area contributed by atoms with Crippen molar-refractivity contribution in [1.29, 1.82) is 0 Å². The first-order valence-electron chi connectivity index (χ1n) is 5.86. The Morgan fingerprint density at radius 2 is 2.00 bits per heavy atom. The van der Waals surface area contributed by atoms with Gasteiger partial charge >= 0.3 is 0 Å². The van der Waals surface area contributed by atoms with Crippen LogP contribution in [0.2, 0.25) is 5.02 Å². The second-order valence-electron chi connectivity index (χ2n) is 4.21. The molecule has 0 aliphatic carbocycles. The predicted molar refractivity (Wildman–Crippen MR) is 75.5 cm³/mol. The molecule has 0 saturated heterocycles. The minimum absolute atomic E-state index is 0.633. The number of rotatable bonds is 4. The largest absolute Gasteiger partial charge is 0.456 e. The maximum absolute atomic E-state index is 6.14. The number of halogens is 1. The molecule has 0 fully saturated rings. The lowest BCUT2D eigenvalue weighted by Crippen LogP contribution is -2.04. The van der Waals surface area contributed by atoms with E-state index < -0.39 is 0 Å². The standard InChI is InChI=1S/C15H16ClNO/c1-11-6-7-15(14(16)8-11)18-13-5-3-4-12(9-13)10-17-2/h3-9,17H,10H2,1-2H3. The van der Waals surface area contributed by atoms with Gasteiger partial charge in [0.2, 0.25) is 0 Å². The molecule has 0 radical (unpaired) electrons. The van der Waals surface area contributed by atoms with Gasteiger partial charge in [0.1, 0.15) is 11.5 Å². The maximum Gasteiger partial charge on any atom is 0.146 e. The monoisotopic (exact) mass is 261 g/mol. The van der Waals surface area contributed by atoms with E-state index in [-0.39, 0.29) is 0 Å². The lowest BCUT2D eigenvalue weighted by Gasteiger charge is -2.09. The minimum atomic E-state index is 0.633. The Morgan fingerprint density at radius 3 is 2.72 bits per heavy atom. The highest BCUT2D eigenvalue weighted by Gasteiger charge is 2.03. The molecule has 0 aromatic heterocycles. The van der Waals surface area contributed by atoms with Gasteiger partial charge in [-0.1, -0.05) is 29.8 Å². The fourth-order valence-electron chi connectivity index (χ4n) is 1.74. The van der Waals surface area contributed by atoms with Crippen LogP contribution in [-0.2, 0) is 6.54 Å². The third kappa shape index (κ3) is 3.25. The smallest absolute Gasteiger partial charge is 0.146 e. The van der Waals surface area contributed by atoms with Crippen LogP contribution in [0.15, 0.2) is 42.5 Å². The molecule has 2 nitrogen and oxygen atoms in total. The van der Waals surface area contributed by atoms with E-state index >= 15 is 0 Å². The van der Waals surface area contributed by atoms with Crippen molar-refractivity contribution in [3.05, 3.63) is 58.6 Å². The summed E-state index contributed by atoms with van der Waals surface area (Å²) in [7, 11) is 1.92. The molecule has 3 heteroatoms. The van der Waals surface area contributed by atoms with Crippen molar-refractivity contribution in [3.63, 3.8) is 0 Å². The lowest BCUT2D eigenvalue weighted by molar-refractivity contribution is 0.482. The maximum atomic E-state index is 6.14. The van der Waals surface area contributed by atoms with Crippen molar-refractivity contribution in [2.24, 2.45) is 0 Å². The van der Waals surface area contributed by atoms with Gasteiger partial charge in [0.15, 0.2) is 0 Å². The van der Waals surface area contributed by atoms with Crippen LogP contribution >= 0.6 is 11.6 Å². The van der Waals surface area contributed by atoms with Crippen LogP contribution in [0.4, 0.5) is 0 Å². The highest BCUT2D eigenvalue weighted by molar-refractivity contribution is 6.32. The Kier molecular flexibility index (Phi) is 4.24. The quantitative estimate of drug-likeness (QED) is 0.892. The molecule has 0 amide bonds. The van der Waals surface area contributed by atoms with Crippen molar-refractivity contribution >= 4 is 11.6 Å². The fourth-order valence-corrected chi connectivity index (χ4v) is 2.01. The number of nitrogens with one attached hydrogen (secondary N) is 1. The van der Waals surface area contributed by atoms with E-state index in [9.17, 15) is 0 Å².